The van der Waals surface area contributed by atoms with E-state index in [0.29, 0.717) is 29.8 Å². The maximum atomic E-state index is 15.2. The fourth-order valence-corrected chi connectivity index (χ4v) is 4.56. The Morgan fingerprint density at radius 1 is 1.15 bits per heavy atom. The Balaban J connectivity index is 0.00000560. The van der Waals surface area contributed by atoms with Crippen LogP contribution in [-0.4, -0.2) is 68.6 Å². The number of halogens is 2. The highest BCUT2D eigenvalue weighted by Gasteiger charge is 2.33. The van der Waals surface area contributed by atoms with E-state index in [-0.39, 0.29) is 77.2 Å². The number of Topliss-reactive ketones (excluding diaryl/α,β-unsaturated/α-hetero) is 1. The first-order valence-electron chi connectivity index (χ1n) is 12.9. The molecule has 0 amide bonds. The van der Waals surface area contributed by atoms with Gasteiger partial charge in [0.2, 0.25) is 0 Å². The molecule has 0 unspecified atom stereocenters. The average Bonchev–Trinajstić information content (AvgIpc) is 3.19. The molecule has 0 spiro atoms. The minimum atomic E-state index is -0.882. The van der Waals surface area contributed by atoms with Crippen LogP contribution in [0.5, 0.6) is 17.2 Å². The number of carboxylic acids is 1. The first-order chi connectivity index (χ1) is 18.3. The predicted molar refractivity (Wildman–Crippen MR) is 158 cm³/mol. The van der Waals surface area contributed by atoms with E-state index in [4.69, 9.17) is 24.7 Å². The molecule has 0 aromatic heterocycles. The zero-order chi connectivity index (χ0) is 29.1. The first-order valence-corrected chi connectivity index (χ1v) is 12.9. The van der Waals surface area contributed by atoms with Crippen molar-refractivity contribution >= 4 is 40.3 Å². The normalized spacial score (nSPS) is 12.5. The van der Waals surface area contributed by atoms with Crippen LogP contribution in [0.4, 0.5) is 10.1 Å². The fraction of sp³-hybridized carbons (Fsp3) is 0.483. The van der Waals surface area contributed by atoms with E-state index in [1.165, 1.54) is 19.1 Å². The number of rotatable bonds is 12. The quantitative estimate of drug-likeness (QED) is 0.237. The number of nitrogens with zero attached hydrogens (tertiary/aromatic N) is 2. The number of hydrogen-bond donors (Lipinski definition) is 2. The van der Waals surface area contributed by atoms with Crippen LogP contribution in [0.15, 0.2) is 18.2 Å². The Morgan fingerprint density at radius 3 is 2.38 bits per heavy atom. The second-order valence-corrected chi connectivity index (χ2v) is 10.6. The lowest BCUT2D eigenvalue weighted by Crippen LogP contribution is -2.31. The van der Waals surface area contributed by atoms with E-state index in [0.717, 1.165) is 11.3 Å². The third kappa shape index (κ3) is 6.86. The standard InChI is InChI=1S/C29H38FN3O6.BrH/c1-8-32(5)20-13-17(12-19(29(2,3)4)26(20)39-11-9-10-23(35)36)21(34)16-33-15-18-14-22(37-6)27(38-7)25(30)24(18)28(33)31;/h12-14,31H,8-11,15-16H2,1-7H3,(H,35,36);1H. The number of hydrogen-bond acceptors (Lipinski definition) is 7. The van der Waals surface area contributed by atoms with Gasteiger partial charge in [-0.15, -0.1) is 17.0 Å². The summed E-state index contributed by atoms with van der Waals surface area (Å²) in [7, 11) is 4.66. The van der Waals surface area contributed by atoms with Gasteiger partial charge in [0.05, 0.1) is 38.6 Å². The van der Waals surface area contributed by atoms with Crippen LogP contribution in [0.25, 0.3) is 0 Å². The van der Waals surface area contributed by atoms with Crippen molar-refractivity contribution in [3.8, 4) is 17.2 Å². The number of ketones is 1. The highest BCUT2D eigenvalue weighted by molar-refractivity contribution is 8.93. The lowest BCUT2D eigenvalue weighted by atomic mass is 9.84. The van der Waals surface area contributed by atoms with Gasteiger partial charge in [0.25, 0.3) is 0 Å². The van der Waals surface area contributed by atoms with Crippen LogP contribution < -0.4 is 19.1 Å². The van der Waals surface area contributed by atoms with Crippen molar-refractivity contribution in [3.05, 3.63) is 46.3 Å². The molecule has 40 heavy (non-hydrogen) atoms. The number of methoxy groups -OCH3 is 2. The van der Waals surface area contributed by atoms with Gasteiger partial charge in [0, 0.05) is 37.7 Å². The highest BCUT2D eigenvalue weighted by atomic mass is 79.9. The predicted octanol–water partition coefficient (Wildman–Crippen LogP) is 5.44. The monoisotopic (exact) mass is 623 g/mol. The third-order valence-corrected chi connectivity index (χ3v) is 6.81. The van der Waals surface area contributed by atoms with Crippen molar-refractivity contribution in [2.24, 2.45) is 0 Å². The lowest BCUT2D eigenvalue weighted by molar-refractivity contribution is -0.137. The van der Waals surface area contributed by atoms with Gasteiger partial charge >= 0.3 is 5.97 Å². The molecule has 0 aliphatic carbocycles. The average molecular weight is 625 g/mol. The summed E-state index contributed by atoms with van der Waals surface area (Å²) in [6.07, 6.45) is 0.363. The Hall–Kier alpha value is -3.34. The number of carboxylic acid groups (broad SMARTS) is 1. The van der Waals surface area contributed by atoms with Crippen LogP contribution in [-0.2, 0) is 16.8 Å². The Bertz CT molecular complexity index is 1280. The topological polar surface area (TPSA) is 112 Å². The number of nitrogens with one attached hydrogen (secondary N) is 1. The van der Waals surface area contributed by atoms with Crippen molar-refractivity contribution < 1.29 is 33.3 Å². The summed E-state index contributed by atoms with van der Waals surface area (Å²) in [4.78, 5) is 28.1. The Kier molecular flexibility index (Phi) is 11.0. The first kappa shape index (κ1) is 32.9. The van der Waals surface area contributed by atoms with Crippen LogP contribution in [0.2, 0.25) is 0 Å². The van der Waals surface area contributed by atoms with E-state index >= 15 is 4.39 Å². The SMILES string of the molecule is Br.CCN(C)c1cc(C(=O)CN2Cc3cc(OC)c(OC)c(F)c3C2=N)cc(C(C)(C)C)c1OCCCC(=O)O. The fourth-order valence-electron chi connectivity index (χ4n) is 4.56. The summed E-state index contributed by atoms with van der Waals surface area (Å²) < 4.78 is 31.7. The number of aliphatic carboxylic acids is 1. The number of carbonyl (C=O) groups excluding carboxylic acids is 1. The van der Waals surface area contributed by atoms with Gasteiger partial charge in [-0.1, -0.05) is 20.8 Å². The number of anilines is 1. The van der Waals surface area contributed by atoms with Gasteiger partial charge in [-0.3, -0.25) is 15.0 Å². The summed E-state index contributed by atoms with van der Waals surface area (Å²) in [6, 6.07) is 5.22. The molecule has 9 nitrogen and oxygen atoms in total. The summed E-state index contributed by atoms with van der Waals surface area (Å²) in [5.41, 5.74) is 2.27. The third-order valence-electron chi connectivity index (χ3n) is 6.81. The largest absolute Gasteiger partial charge is 0.493 e. The van der Waals surface area contributed by atoms with Crippen molar-refractivity contribution in [2.75, 3.05) is 45.9 Å². The van der Waals surface area contributed by atoms with Crippen molar-refractivity contribution in [3.63, 3.8) is 0 Å². The Morgan fingerprint density at radius 2 is 1.82 bits per heavy atom. The summed E-state index contributed by atoms with van der Waals surface area (Å²) in [5, 5.41) is 17.6. The molecule has 220 valence electrons. The molecule has 1 aliphatic heterocycles. The number of fused-ring (bicyclic) bond motifs is 1. The molecule has 0 saturated carbocycles. The van der Waals surface area contributed by atoms with Gasteiger partial charge in [0.1, 0.15) is 11.6 Å². The summed E-state index contributed by atoms with van der Waals surface area (Å²) in [5.74, 6) is -1.09. The van der Waals surface area contributed by atoms with Crippen molar-refractivity contribution in [2.45, 2.75) is 52.5 Å². The molecule has 2 aromatic rings. The lowest BCUT2D eigenvalue weighted by Gasteiger charge is -2.29. The van der Waals surface area contributed by atoms with Gasteiger partial charge in [-0.05, 0) is 42.5 Å². The van der Waals surface area contributed by atoms with Gasteiger partial charge in [-0.2, -0.15) is 0 Å². The second kappa shape index (κ2) is 13.3. The molecule has 11 heteroatoms. The van der Waals surface area contributed by atoms with E-state index < -0.39 is 11.8 Å². The summed E-state index contributed by atoms with van der Waals surface area (Å²) >= 11 is 0. The van der Waals surface area contributed by atoms with E-state index in [9.17, 15) is 9.59 Å². The highest BCUT2D eigenvalue weighted by Crippen LogP contribution is 2.41. The molecular formula is C29H39BrFN3O6. The van der Waals surface area contributed by atoms with Crippen LogP contribution in [0, 0.1) is 11.2 Å². The molecule has 0 atom stereocenters. The minimum Gasteiger partial charge on any atom is -0.493 e. The molecule has 2 aromatic carbocycles. The molecule has 1 heterocycles. The molecule has 0 radical (unpaired) electrons. The smallest absolute Gasteiger partial charge is 0.303 e. The number of carbonyl (C=O) groups is 2. The maximum absolute atomic E-state index is 15.2. The number of ether oxygens (including phenoxy) is 3. The molecular weight excluding hydrogens is 585 g/mol. The van der Waals surface area contributed by atoms with Crippen molar-refractivity contribution in [1.82, 2.24) is 4.90 Å². The zero-order valence-corrected chi connectivity index (χ0v) is 25.9. The summed E-state index contributed by atoms with van der Waals surface area (Å²) in [6.45, 7) is 9.01. The molecule has 2 N–H and O–H groups in total. The molecule has 0 bridgehead atoms. The molecule has 0 fully saturated rings. The zero-order valence-electron chi connectivity index (χ0n) is 24.1. The van der Waals surface area contributed by atoms with Gasteiger partial charge in [-0.25, -0.2) is 4.39 Å². The van der Waals surface area contributed by atoms with Crippen LogP contribution >= 0.6 is 17.0 Å². The van der Waals surface area contributed by atoms with Crippen LogP contribution in [0.1, 0.15) is 67.6 Å². The number of benzene rings is 2. The van der Waals surface area contributed by atoms with Crippen molar-refractivity contribution in [1.29, 1.82) is 5.41 Å². The molecule has 1 aliphatic rings. The second-order valence-electron chi connectivity index (χ2n) is 10.6. The van der Waals surface area contributed by atoms with Crippen LogP contribution in [0.3, 0.4) is 0 Å². The van der Waals surface area contributed by atoms with Gasteiger partial charge < -0.3 is 29.1 Å². The minimum absolute atomic E-state index is 0. The molecule has 0 saturated heterocycles. The van der Waals surface area contributed by atoms with Gasteiger partial charge in [0.15, 0.2) is 23.1 Å². The Labute approximate surface area is 245 Å². The van der Waals surface area contributed by atoms with E-state index in [1.807, 2.05) is 39.6 Å². The molecule has 3 rings (SSSR count). The van der Waals surface area contributed by atoms with E-state index in [2.05, 4.69) is 0 Å². The van der Waals surface area contributed by atoms with E-state index in [1.54, 1.807) is 18.2 Å². The maximum Gasteiger partial charge on any atom is 0.303 e. The number of amidine groups is 1.